The molecule has 4 aliphatic carbocycles. The van der Waals surface area contributed by atoms with E-state index in [9.17, 15) is 72.5 Å². The van der Waals surface area contributed by atoms with Gasteiger partial charge in [0.05, 0.1) is 16.5 Å². The molecule has 0 aromatic rings. The maximum Gasteiger partial charge on any atom is 0.429 e. The van der Waals surface area contributed by atoms with E-state index in [4.69, 9.17) is 32.1 Å². The van der Waals surface area contributed by atoms with Crippen molar-refractivity contribution in [2.75, 3.05) is 5.34 Å². The maximum atomic E-state index is 14.2. The topological polar surface area (TPSA) is 93.1 Å². The van der Waals surface area contributed by atoms with Crippen LogP contribution in [0.15, 0.2) is 24.3 Å². The Labute approximate surface area is 470 Å². The molecular weight excluding hydrogens is 1120 g/mol. The molecule has 0 aromatic heterocycles. The molecule has 460 valence electrons. The molecular formula is C56H94Cl2F12O6Si2. The predicted molar refractivity (Wildman–Crippen MR) is 292 cm³/mol. The van der Waals surface area contributed by atoms with E-state index >= 15 is 0 Å². The van der Waals surface area contributed by atoms with Gasteiger partial charge in [-0.2, -0.15) is 52.7 Å². The lowest BCUT2D eigenvalue weighted by atomic mass is 9.56. The van der Waals surface area contributed by atoms with Crippen LogP contribution in [-0.4, -0.2) is 90.9 Å². The molecule has 4 rings (SSSR count). The summed E-state index contributed by atoms with van der Waals surface area (Å²) in [5.74, 6) is 0.103. The van der Waals surface area contributed by atoms with E-state index in [1.807, 2.05) is 34.6 Å². The number of carbonyl (C=O) groups excluding carboxylic acids is 2. The first kappa shape index (κ1) is 74.8. The van der Waals surface area contributed by atoms with Gasteiger partial charge in [-0.1, -0.05) is 60.1 Å². The first-order valence-electron chi connectivity index (χ1n) is 27.0. The maximum absolute atomic E-state index is 14.2. The van der Waals surface area contributed by atoms with Crippen LogP contribution < -0.4 is 0 Å². The van der Waals surface area contributed by atoms with Crippen LogP contribution in [0.3, 0.4) is 0 Å². The SMILES string of the molecule is C.CC(C)(CCCC(C)(C/C=C\C(O[Si](C)(C)C)(C(F)(F)F)C(F)(F)F)C1CCC2C(=O)CCC[C@@]21C)O[Si](C)(C)C.CC(C)(O)CCCC(C)(C/C=C\C(O)(C(F)(F)F)C(F)(F)F)C1CCC2C(=O)CCC[C@@]21C.ClCCl. The largest absolute Gasteiger partial charge is 0.429 e. The highest BCUT2D eigenvalue weighted by atomic mass is 35.5. The van der Waals surface area contributed by atoms with Crippen molar-refractivity contribution in [3.8, 4) is 0 Å². The number of hydrogen-bond acceptors (Lipinski definition) is 6. The summed E-state index contributed by atoms with van der Waals surface area (Å²) < 4.78 is 175. The lowest BCUT2D eigenvalue weighted by Crippen LogP contribution is -2.61. The van der Waals surface area contributed by atoms with Gasteiger partial charge < -0.3 is 19.1 Å². The Kier molecular flexibility index (Phi) is 25.7. The highest BCUT2D eigenvalue weighted by Crippen LogP contribution is 2.64. The second-order valence-electron chi connectivity index (χ2n) is 26.8. The summed E-state index contributed by atoms with van der Waals surface area (Å²) in [7, 11) is -5.10. The molecule has 0 amide bonds. The zero-order chi connectivity index (χ0) is 60.1. The molecule has 22 heteroatoms. The van der Waals surface area contributed by atoms with E-state index in [-0.39, 0.29) is 83.8 Å². The zero-order valence-corrected chi connectivity index (χ0v) is 51.4. The van der Waals surface area contributed by atoms with Crippen molar-refractivity contribution in [3.05, 3.63) is 24.3 Å². The number of alkyl halides is 14. The fourth-order valence-electron chi connectivity index (χ4n) is 14.0. The molecule has 4 saturated carbocycles. The van der Waals surface area contributed by atoms with Gasteiger partial charge in [-0.15, -0.1) is 23.2 Å². The van der Waals surface area contributed by atoms with Gasteiger partial charge in [-0.25, -0.2) is 0 Å². The van der Waals surface area contributed by atoms with Crippen molar-refractivity contribution in [1.82, 2.24) is 0 Å². The van der Waals surface area contributed by atoms with Crippen LogP contribution in [0.25, 0.3) is 0 Å². The third-order valence-electron chi connectivity index (χ3n) is 17.1. The number of hydrogen-bond donors (Lipinski definition) is 2. The van der Waals surface area contributed by atoms with Gasteiger partial charge in [-0.3, -0.25) is 9.59 Å². The Bertz CT molecular complexity index is 1960. The van der Waals surface area contributed by atoms with Crippen LogP contribution in [0.2, 0.25) is 39.3 Å². The summed E-state index contributed by atoms with van der Waals surface area (Å²) in [6.07, 6.45) is -10.9. The van der Waals surface area contributed by atoms with E-state index in [0.29, 0.717) is 57.8 Å². The van der Waals surface area contributed by atoms with Crippen LogP contribution in [0.1, 0.15) is 178 Å². The lowest BCUT2D eigenvalue weighted by Gasteiger charge is -2.48. The van der Waals surface area contributed by atoms with Crippen molar-refractivity contribution in [1.29, 1.82) is 0 Å². The van der Waals surface area contributed by atoms with Crippen LogP contribution in [0.4, 0.5) is 52.7 Å². The molecule has 0 spiro atoms. The van der Waals surface area contributed by atoms with Gasteiger partial charge in [0, 0.05) is 24.7 Å². The van der Waals surface area contributed by atoms with E-state index in [1.165, 1.54) is 19.6 Å². The van der Waals surface area contributed by atoms with Gasteiger partial charge in [-0.05, 0) is 203 Å². The third-order valence-corrected chi connectivity index (χ3v) is 19.2. The highest BCUT2D eigenvalue weighted by molar-refractivity contribution is 6.70. The summed E-state index contributed by atoms with van der Waals surface area (Å²) in [5.41, 5.74) is -12.6. The van der Waals surface area contributed by atoms with Crippen LogP contribution >= 0.6 is 23.2 Å². The average Bonchev–Trinajstić information content (AvgIpc) is 3.76. The second kappa shape index (κ2) is 26.8. The van der Waals surface area contributed by atoms with E-state index in [2.05, 4.69) is 26.6 Å². The Hall–Kier alpha value is -1.17. The lowest BCUT2D eigenvalue weighted by molar-refractivity contribution is -0.347. The van der Waals surface area contributed by atoms with E-state index in [1.54, 1.807) is 13.8 Å². The summed E-state index contributed by atoms with van der Waals surface area (Å²) in [4.78, 5) is 25.4. The molecule has 0 aromatic carbocycles. The molecule has 6 nitrogen and oxygen atoms in total. The number of carbonyl (C=O) groups is 2. The summed E-state index contributed by atoms with van der Waals surface area (Å²) in [5, 5.41) is 19.8. The molecule has 0 radical (unpaired) electrons. The monoisotopic (exact) mass is 1220 g/mol. The second-order valence-corrected chi connectivity index (χ2v) is 36.5. The van der Waals surface area contributed by atoms with Crippen LogP contribution in [-0.2, 0) is 18.4 Å². The summed E-state index contributed by atoms with van der Waals surface area (Å²) in [6, 6.07) is 0. The fraction of sp³-hybridized carbons (Fsp3) is 0.893. The fourth-order valence-corrected chi connectivity index (χ4v) is 17.1. The molecule has 0 saturated heterocycles. The standard InChI is InChI=1S/C30H52F6O3Si2.C24H36F6O3.CH2Cl2.CH4/c1-25(2,38-40(5,6)7)17-12-18-26(3,24-16-15-22-23(37)14-11-20-27(22,24)4)19-13-21-28(29(31,32)33,30(34,35)36)39-41(8,9)10;1-19(2,32)11-6-12-20(3,13-7-15-22(33,23(25,26)27)24(28,29)30)18-10-9-16-17(31)8-5-14-21(16,18)4;2-1-3;/h13,21-22,24H,11-12,14-20H2,1-10H3;7,15-16,18,32-33H,5-6,8-14H2,1-4H3;1H2;1H4/b21-13-;15-7-;;/t22?,24?,26?,27-;16?,18?,20?,21-;;/m00../s1. The Morgan fingerprint density at radius 3 is 1.23 bits per heavy atom. The third kappa shape index (κ3) is 18.9. The molecule has 4 aliphatic rings. The smallest absolute Gasteiger partial charge is 0.413 e. The average molecular weight is 1220 g/mol. The number of allylic oxidation sites excluding steroid dienone is 2. The first-order chi connectivity index (χ1) is 34.4. The molecule has 4 fully saturated rings. The number of rotatable bonds is 20. The molecule has 2 N–H and O–H groups in total. The Morgan fingerprint density at radius 2 is 0.910 bits per heavy atom. The minimum absolute atomic E-state index is 0. The molecule has 6 unspecified atom stereocenters. The first-order valence-corrected chi connectivity index (χ1v) is 34.9. The van der Waals surface area contributed by atoms with Crippen molar-refractivity contribution < 1.29 is 81.3 Å². The minimum Gasteiger partial charge on any atom is -0.413 e. The minimum atomic E-state index is -5.90. The van der Waals surface area contributed by atoms with Crippen molar-refractivity contribution in [2.24, 2.45) is 45.3 Å². The molecule has 0 heterocycles. The van der Waals surface area contributed by atoms with Gasteiger partial charge >= 0.3 is 24.7 Å². The molecule has 78 heavy (non-hydrogen) atoms. The number of aliphatic hydroxyl groups is 2. The summed E-state index contributed by atoms with van der Waals surface area (Å²) >= 11 is 9.53. The van der Waals surface area contributed by atoms with Crippen LogP contribution in [0, 0.1) is 45.3 Å². The van der Waals surface area contributed by atoms with Crippen molar-refractivity contribution in [3.63, 3.8) is 0 Å². The quantitative estimate of drug-likeness (QED) is 0.0546. The van der Waals surface area contributed by atoms with Gasteiger partial charge in [0.1, 0.15) is 11.6 Å². The number of fused-ring (bicyclic) bond motifs is 2. The molecule has 0 bridgehead atoms. The van der Waals surface area contributed by atoms with Gasteiger partial charge in [0.25, 0.3) is 11.2 Å². The zero-order valence-electron chi connectivity index (χ0n) is 47.9. The number of Topliss-reactive ketones (excluding diaryl/α,β-unsaturated/α-hetero) is 2. The predicted octanol–water partition coefficient (Wildman–Crippen LogP) is 18.8. The molecule has 0 aliphatic heterocycles. The van der Waals surface area contributed by atoms with Crippen LogP contribution in [0.5, 0.6) is 0 Å². The summed E-state index contributed by atoms with van der Waals surface area (Å²) in [6.45, 7) is 25.6. The normalized spacial score (nSPS) is 26.8. The van der Waals surface area contributed by atoms with Crippen molar-refractivity contribution >= 4 is 51.4 Å². The highest BCUT2D eigenvalue weighted by Gasteiger charge is 2.72. The van der Waals surface area contributed by atoms with Gasteiger partial charge in [0.2, 0.25) is 0 Å². The molecule has 8 atom stereocenters. The Balaban J connectivity index is 0.000000748. The van der Waals surface area contributed by atoms with E-state index in [0.717, 1.165) is 57.1 Å². The number of ketones is 2. The number of halogens is 14. The van der Waals surface area contributed by atoms with Crippen molar-refractivity contribution in [2.45, 2.75) is 265 Å². The van der Waals surface area contributed by atoms with Gasteiger partial charge in [0.15, 0.2) is 16.6 Å². The van der Waals surface area contributed by atoms with E-state index < -0.39 is 74.6 Å². The Morgan fingerprint density at radius 1 is 0.564 bits per heavy atom.